The number of hydrogen-bond acceptors (Lipinski definition) is 3. The Morgan fingerprint density at radius 2 is 1.39 bits per heavy atom. The first kappa shape index (κ1) is 22.2. The largest absolute Gasteiger partial charge is 0.464 e. The Kier molecular flexibility index (Phi) is 7.55. The summed E-state index contributed by atoms with van der Waals surface area (Å²) in [5.41, 5.74) is 2.70. The number of carbonyl (C=O) groups is 1. The SMILES string of the molecule is CCOC(=O)[C@](C)(N=C(c1ccccc1)c1ccccc1)[C@H](C)/C=C/c1ccccc1. The van der Waals surface area contributed by atoms with Gasteiger partial charge in [-0.3, -0.25) is 4.99 Å². The molecule has 3 aromatic carbocycles. The van der Waals surface area contributed by atoms with E-state index >= 15 is 0 Å². The van der Waals surface area contributed by atoms with Crippen LogP contribution in [-0.4, -0.2) is 23.8 Å². The minimum atomic E-state index is -1.08. The average Bonchev–Trinajstić information content (AvgIpc) is 2.82. The molecule has 0 fully saturated rings. The Morgan fingerprint density at radius 1 is 0.903 bits per heavy atom. The molecule has 0 aliphatic rings. The quantitative estimate of drug-likeness (QED) is 0.327. The van der Waals surface area contributed by atoms with E-state index in [-0.39, 0.29) is 11.9 Å². The van der Waals surface area contributed by atoms with Crippen LogP contribution in [-0.2, 0) is 9.53 Å². The number of esters is 1. The van der Waals surface area contributed by atoms with E-state index in [9.17, 15) is 4.79 Å². The first-order valence-electron chi connectivity index (χ1n) is 10.7. The van der Waals surface area contributed by atoms with Crippen LogP contribution in [0.5, 0.6) is 0 Å². The lowest BCUT2D eigenvalue weighted by Crippen LogP contribution is -2.42. The zero-order valence-electron chi connectivity index (χ0n) is 18.4. The molecule has 3 rings (SSSR count). The van der Waals surface area contributed by atoms with E-state index in [0.717, 1.165) is 22.4 Å². The standard InChI is InChI=1S/C28H29NO2/c1-4-31-27(30)28(3,22(2)20-21-23-14-8-5-9-15-23)29-26(24-16-10-6-11-17-24)25-18-12-7-13-19-25/h5-22H,4H2,1-3H3/b21-20+/t22-,28-/m1/s1. The molecular weight excluding hydrogens is 382 g/mol. The van der Waals surface area contributed by atoms with Crippen molar-refractivity contribution >= 4 is 17.8 Å². The highest BCUT2D eigenvalue weighted by atomic mass is 16.5. The number of benzene rings is 3. The zero-order valence-corrected chi connectivity index (χ0v) is 18.4. The number of nitrogens with zero attached hydrogens (tertiary/aromatic N) is 1. The molecule has 0 heterocycles. The summed E-state index contributed by atoms with van der Waals surface area (Å²) >= 11 is 0. The first-order chi connectivity index (χ1) is 15.0. The number of rotatable bonds is 8. The Balaban J connectivity index is 2.09. The maximum Gasteiger partial charge on any atom is 0.334 e. The third kappa shape index (κ3) is 5.58. The maximum atomic E-state index is 13.2. The first-order valence-corrected chi connectivity index (χ1v) is 10.7. The number of hydrogen-bond donors (Lipinski definition) is 0. The molecule has 0 amide bonds. The van der Waals surface area contributed by atoms with Gasteiger partial charge in [-0.15, -0.1) is 0 Å². The van der Waals surface area contributed by atoms with Crippen molar-refractivity contribution in [3.63, 3.8) is 0 Å². The summed E-state index contributed by atoms with van der Waals surface area (Å²) in [7, 11) is 0. The van der Waals surface area contributed by atoms with Gasteiger partial charge in [0.15, 0.2) is 5.54 Å². The van der Waals surface area contributed by atoms with Crippen LogP contribution in [0.1, 0.15) is 37.5 Å². The second-order valence-corrected chi connectivity index (χ2v) is 7.62. The molecule has 0 saturated heterocycles. The summed E-state index contributed by atoms with van der Waals surface area (Å²) in [6.45, 7) is 6.00. The lowest BCUT2D eigenvalue weighted by atomic mass is 9.86. The van der Waals surface area contributed by atoms with E-state index in [0.29, 0.717) is 6.61 Å². The monoisotopic (exact) mass is 411 g/mol. The number of aliphatic imine (C=N–C) groups is 1. The Morgan fingerprint density at radius 3 is 1.87 bits per heavy atom. The fourth-order valence-corrected chi connectivity index (χ4v) is 3.34. The van der Waals surface area contributed by atoms with E-state index in [1.807, 2.05) is 124 Å². The second-order valence-electron chi connectivity index (χ2n) is 7.62. The predicted molar refractivity (Wildman–Crippen MR) is 128 cm³/mol. The van der Waals surface area contributed by atoms with Crippen LogP contribution in [0, 0.1) is 5.92 Å². The third-order valence-electron chi connectivity index (χ3n) is 5.39. The molecule has 0 unspecified atom stereocenters. The lowest BCUT2D eigenvalue weighted by Gasteiger charge is -2.29. The molecule has 0 aliphatic carbocycles. The highest BCUT2D eigenvalue weighted by Gasteiger charge is 2.39. The fourth-order valence-electron chi connectivity index (χ4n) is 3.34. The molecule has 0 spiro atoms. The van der Waals surface area contributed by atoms with Crippen LogP contribution in [0.15, 0.2) is 102 Å². The van der Waals surface area contributed by atoms with Gasteiger partial charge in [0.05, 0.1) is 12.3 Å². The Labute approximate surface area is 185 Å². The van der Waals surface area contributed by atoms with Crippen molar-refractivity contribution in [2.75, 3.05) is 6.61 Å². The van der Waals surface area contributed by atoms with E-state index in [4.69, 9.17) is 9.73 Å². The number of carbonyl (C=O) groups excluding carboxylic acids is 1. The minimum absolute atomic E-state index is 0.186. The molecule has 0 aromatic heterocycles. The normalized spacial score (nSPS) is 13.9. The molecule has 158 valence electrons. The number of ether oxygens (including phenoxy) is 1. The van der Waals surface area contributed by atoms with Gasteiger partial charge in [-0.25, -0.2) is 4.79 Å². The van der Waals surface area contributed by atoms with Gasteiger partial charge in [-0.05, 0) is 19.4 Å². The van der Waals surface area contributed by atoms with Crippen LogP contribution in [0.3, 0.4) is 0 Å². The van der Waals surface area contributed by atoms with Crippen LogP contribution in [0.25, 0.3) is 6.08 Å². The maximum absolute atomic E-state index is 13.2. The summed E-state index contributed by atoms with van der Waals surface area (Å²) in [6, 6.07) is 30.0. The fraction of sp³-hybridized carbons (Fsp3) is 0.214. The van der Waals surface area contributed by atoms with Crippen molar-refractivity contribution in [1.82, 2.24) is 0 Å². The predicted octanol–water partition coefficient (Wildman–Crippen LogP) is 6.20. The molecule has 0 saturated carbocycles. The van der Waals surface area contributed by atoms with Crippen molar-refractivity contribution in [2.24, 2.45) is 10.9 Å². The summed E-state index contributed by atoms with van der Waals surface area (Å²) in [4.78, 5) is 18.2. The van der Waals surface area contributed by atoms with Crippen LogP contribution >= 0.6 is 0 Å². The summed E-state index contributed by atoms with van der Waals surface area (Å²) in [6.07, 6.45) is 4.06. The molecule has 0 N–H and O–H groups in total. The van der Waals surface area contributed by atoms with Gasteiger partial charge in [0, 0.05) is 17.0 Å². The van der Waals surface area contributed by atoms with E-state index in [1.54, 1.807) is 0 Å². The van der Waals surface area contributed by atoms with Gasteiger partial charge < -0.3 is 4.74 Å². The lowest BCUT2D eigenvalue weighted by molar-refractivity contribution is -0.150. The zero-order chi connectivity index (χ0) is 22.1. The third-order valence-corrected chi connectivity index (χ3v) is 5.39. The summed E-state index contributed by atoms with van der Waals surface area (Å²) in [5.74, 6) is -0.515. The van der Waals surface area contributed by atoms with Gasteiger partial charge in [0.1, 0.15) is 0 Å². The highest BCUT2D eigenvalue weighted by Crippen LogP contribution is 2.28. The second kappa shape index (κ2) is 10.5. The van der Waals surface area contributed by atoms with Crippen molar-refractivity contribution < 1.29 is 9.53 Å². The van der Waals surface area contributed by atoms with Gasteiger partial charge >= 0.3 is 5.97 Å². The van der Waals surface area contributed by atoms with E-state index < -0.39 is 5.54 Å². The van der Waals surface area contributed by atoms with Crippen molar-refractivity contribution in [1.29, 1.82) is 0 Å². The molecular formula is C28H29NO2. The molecule has 3 aromatic rings. The molecule has 0 aliphatic heterocycles. The smallest absolute Gasteiger partial charge is 0.334 e. The van der Waals surface area contributed by atoms with Gasteiger partial charge in [-0.2, -0.15) is 0 Å². The topological polar surface area (TPSA) is 38.7 Å². The van der Waals surface area contributed by atoms with Crippen LogP contribution in [0.4, 0.5) is 0 Å². The van der Waals surface area contributed by atoms with Crippen LogP contribution in [0.2, 0.25) is 0 Å². The molecule has 31 heavy (non-hydrogen) atoms. The molecule has 2 atom stereocenters. The molecule has 0 radical (unpaired) electrons. The van der Waals surface area contributed by atoms with Crippen LogP contribution < -0.4 is 0 Å². The van der Waals surface area contributed by atoms with E-state index in [2.05, 4.69) is 0 Å². The van der Waals surface area contributed by atoms with Gasteiger partial charge in [0.2, 0.25) is 0 Å². The molecule has 3 nitrogen and oxygen atoms in total. The van der Waals surface area contributed by atoms with E-state index in [1.165, 1.54) is 0 Å². The van der Waals surface area contributed by atoms with Crippen molar-refractivity contribution in [3.8, 4) is 0 Å². The van der Waals surface area contributed by atoms with Crippen molar-refractivity contribution in [3.05, 3.63) is 114 Å². The van der Waals surface area contributed by atoms with Gasteiger partial charge in [-0.1, -0.05) is 110 Å². The van der Waals surface area contributed by atoms with Crippen molar-refractivity contribution in [2.45, 2.75) is 26.3 Å². The average molecular weight is 412 g/mol. The Hall–Kier alpha value is -3.46. The molecule has 0 bridgehead atoms. The Bertz CT molecular complexity index is 985. The summed E-state index contributed by atoms with van der Waals surface area (Å²) in [5, 5.41) is 0. The highest BCUT2D eigenvalue weighted by molar-refractivity contribution is 6.13. The molecule has 3 heteroatoms. The summed E-state index contributed by atoms with van der Waals surface area (Å²) < 4.78 is 5.47. The minimum Gasteiger partial charge on any atom is -0.464 e. The van der Waals surface area contributed by atoms with Gasteiger partial charge in [0.25, 0.3) is 0 Å².